The second-order valence-electron chi connectivity index (χ2n) is 10.3. The first-order valence-corrected chi connectivity index (χ1v) is 10.9. The highest BCUT2D eigenvalue weighted by atomic mass is 16.5. The maximum absolute atomic E-state index is 10.9. The van der Waals surface area contributed by atoms with Crippen molar-refractivity contribution in [2.45, 2.75) is 70.3 Å². The van der Waals surface area contributed by atoms with E-state index in [-0.39, 0.29) is 6.61 Å². The number of fused-ring (bicyclic) bond motifs is 5. The largest absolute Gasteiger partial charge is 0.392 e. The van der Waals surface area contributed by atoms with Crippen LogP contribution in [0.5, 0.6) is 0 Å². The fraction of sp³-hybridized carbons (Fsp3) is 0.913. The molecular formula is C23H38O3. The highest BCUT2D eigenvalue weighted by Crippen LogP contribution is 2.65. The molecule has 0 spiro atoms. The van der Waals surface area contributed by atoms with Crippen molar-refractivity contribution in [1.82, 2.24) is 0 Å². The van der Waals surface area contributed by atoms with Crippen molar-refractivity contribution in [3.63, 3.8) is 0 Å². The minimum absolute atomic E-state index is 0.157. The fourth-order valence-corrected chi connectivity index (χ4v) is 8.14. The van der Waals surface area contributed by atoms with Crippen molar-refractivity contribution in [3.8, 4) is 0 Å². The number of aliphatic hydroxyl groups is 2. The first-order chi connectivity index (χ1) is 12.4. The molecule has 0 saturated heterocycles. The van der Waals surface area contributed by atoms with E-state index in [1.807, 2.05) is 0 Å². The number of ether oxygens (including phenoxy) is 1. The highest BCUT2D eigenvalue weighted by Gasteiger charge is 2.57. The van der Waals surface area contributed by atoms with Crippen LogP contribution < -0.4 is 0 Å². The van der Waals surface area contributed by atoms with Gasteiger partial charge in [-0.3, -0.25) is 0 Å². The van der Waals surface area contributed by atoms with E-state index < -0.39 is 5.60 Å². The number of rotatable bonds is 4. The van der Waals surface area contributed by atoms with Gasteiger partial charge in [-0.1, -0.05) is 13.5 Å². The van der Waals surface area contributed by atoms with Crippen molar-refractivity contribution >= 4 is 0 Å². The minimum Gasteiger partial charge on any atom is -0.392 e. The number of hydrogen-bond donors (Lipinski definition) is 2. The third-order valence-electron chi connectivity index (χ3n) is 9.21. The van der Waals surface area contributed by atoms with Crippen molar-refractivity contribution in [2.24, 2.45) is 40.9 Å². The Morgan fingerprint density at radius 1 is 1.04 bits per heavy atom. The summed E-state index contributed by atoms with van der Waals surface area (Å²) in [5, 5.41) is 20.5. The third kappa shape index (κ3) is 2.89. The lowest BCUT2D eigenvalue weighted by atomic mass is 9.48. The van der Waals surface area contributed by atoms with Gasteiger partial charge in [-0.05, 0) is 104 Å². The van der Waals surface area contributed by atoms with Gasteiger partial charge in [0.25, 0.3) is 0 Å². The summed E-state index contributed by atoms with van der Waals surface area (Å²) >= 11 is 0. The molecular weight excluding hydrogens is 324 g/mol. The first-order valence-electron chi connectivity index (χ1n) is 10.9. The summed E-state index contributed by atoms with van der Waals surface area (Å²) in [6.45, 7) is 7.35. The summed E-state index contributed by atoms with van der Waals surface area (Å²) in [7, 11) is 1.71. The molecule has 0 aromatic rings. The lowest BCUT2D eigenvalue weighted by Gasteiger charge is -2.57. The van der Waals surface area contributed by atoms with Crippen LogP contribution in [0, 0.1) is 40.9 Å². The van der Waals surface area contributed by atoms with E-state index in [4.69, 9.17) is 4.74 Å². The minimum atomic E-state index is -0.580. The molecule has 0 unspecified atom stereocenters. The molecule has 3 nitrogen and oxygen atoms in total. The summed E-state index contributed by atoms with van der Waals surface area (Å²) in [6.07, 6.45) is 10.9. The van der Waals surface area contributed by atoms with Gasteiger partial charge in [0.1, 0.15) is 0 Å². The van der Waals surface area contributed by atoms with Crippen molar-refractivity contribution < 1.29 is 14.9 Å². The van der Waals surface area contributed by atoms with Crippen LogP contribution in [-0.2, 0) is 4.74 Å². The zero-order chi connectivity index (χ0) is 18.5. The molecule has 4 fully saturated rings. The van der Waals surface area contributed by atoms with Crippen molar-refractivity contribution in [2.75, 3.05) is 20.3 Å². The Morgan fingerprint density at radius 2 is 1.81 bits per heavy atom. The maximum Gasteiger partial charge on any atom is 0.0882 e. The van der Waals surface area contributed by atoms with Crippen LogP contribution in [0.3, 0.4) is 0 Å². The van der Waals surface area contributed by atoms with Crippen LogP contribution in [0.1, 0.15) is 64.7 Å². The molecule has 4 aliphatic rings. The average Bonchev–Trinajstić information content (AvgIpc) is 2.98. The zero-order valence-corrected chi connectivity index (χ0v) is 16.8. The topological polar surface area (TPSA) is 49.7 Å². The molecule has 8 atom stereocenters. The van der Waals surface area contributed by atoms with Gasteiger partial charge in [0.05, 0.1) is 18.8 Å². The molecule has 4 aliphatic carbocycles. The summed E-state index contributed by atoms with van der Waals surface area (Å²) < 4.78 is 5.31. The smallest absolute Gasteiger partial charge is 0.0882 e. The van der Waals surface area contributed by atoms with Crippen LogP contribution in [-0.4, -0.2) is 36.1 Å². The van der Waals surface area contributed by atoms with E-state index in [1.165, 1.54) is 44.9 Å². The third-order valence-corrected chi connectivity index (χ3v) is 9.21. The summed E-state index contributed by atoms with van der Waals surface area (Å²) in [5.41, 5.74) is 0.854. The Bertz CT molecular complexity index is 546. The number of hydrogen-bond acceptors (Lipinski definition) is 3. The van der Waals surface area contributed by atoms with Crippen LogP contribution in [0.15, 0.2) is 12.2 Å². The molecule has 4 saturated carbocycles. The standard InChI is InChI=1S/C23H38O3/c1-15(13-24)20-6-7-21-19-5-4-16-12-23(25,14-26-3)11-9-17(16)18(19)8-10-22(20,21)2/h16-21,24-25H,1,4-14H2,2-3H3/t16-,17-,18+,19+,20+,21-,22+,23+/m0/s1. The molecule has 2 N–H and O–H groups in total. The number of aliphatic hydroxyl groups excluding tert-OH is 1. The predicted octanol–water partition coefficient (Wildman–Crippen LogP) is 4.18. The molecule has 4 rings (SSSR count). The molecule has 0 radical (unpaired) electrons. The second-order valence-corrected chi connectivity index (χ2v) is 10.3. The Labute approximate surface area is 159 Å². The maximum atomic E-state index is 10.9. The van der Waals surface area contributed by atoms with Gasteiger partial charge in [0.2, 0.25) is 0 Å². The summed E-state index contributed by atoms with van der Waals surface area (Å²) in [5.74, 6) is 4.57. The Kier molecular flexibility index (Phi) is 5.03. The molecule has 3 heteroatoms. The first kappa shape index (κ1) is 19.0. The molecule has 0 amide bonds. The van der Waals surface area contributed by atoms with E-state index in [2.05, 4.69) is 13.5 Å². The molecule has 148 valence electrons. The van der Waals surface area contributed by atoms with Crippen LogP contribution in [0.4, 0.5) is 0 Å². The van der Waals surface area contributed by atoms with Gasteiger partial charge in [0.15, 0.2) is 0 Å². The molecule has 0 aliphatic heterocycles. The van der Waals surface area contributed by atoms with Gasteiger partial charge in [0, 0.05) is 7.11 Å². The van der Waals surface area contributed by atoms with E-state index in [0.29, 0.717) is 23.9 Å². The van der Waals surface area contributed by atoms with Crippen LogP contribution >= 0.6 is 0 Å². The lowest BCUT2D eigenvalue weighted by molar-refractivity contribution is -0.123. The van der Waals surface area contributed by atoms with Gasteiger partial charge in [-0.25, -0.2) is 0 Å². The quantitative estimate of drug-likeness (QED) is 0.738. The Hall–Kier alpha value is -0.380. The molecule has 26 heavy (non-hydrogen) atoms. The number of methoxy groups -OCH3 is 1. The molecule has 0 bridgehead atoms. The highest BCUT2D eigenvalue weighted by molar-refractivity contribution is 5.15. The van der Waals surface area contributed by atoms with Crippen molar-refractivity contribution in [1.29, 1.82) is 0 Å². The van der Waals surface area contributed by atoms with Crippen LogP contribution in [0.25, 0.3) is 0 Å². The van der Waals surface area contributed by atoms with Gasteiger partial charge in [-0.2, -0.15) is 0 Å². The van der Waals surface area contributed by atoms with E-state index in [9.17, 15) is 10.2 Å². The summed E-state index contributed by atoms with van der Waals surface area (Å²) in [6, 6.07) is 0. The van der Waals surface area contributed by atoms with E-state index >= 15 is 0 Å². The molecule has 0 heterocycles. The average molecular weight is 363 g/mol. The zero-order valence-electron chi connectivity index (χ0n) is 16.8. The van der Waals surface area contributed by atoms with Crippen LogP contribution in [0.2, 0.25) is 0 Å². The second kappa shape index (κ2) is 6.90. The SMILES string of the molecule is C=C(CO)[C@H]1CC[C@H]2[C@@H]3CC[C@H]4C[C@@](O)(COC)CC[C@@H]4[C@H]3CC[C@]12C. The fourth-order valence-electron chi connectivity index (χ4n) is 8.14. The lowest BCUT2D eigenvalue weighted by Crippen LogP contribution is -2.52. The Balaban J connectivity index is 1.50. The molecule has 0 aromatic carbocycles. The van der Waals surface area contributed by atoms with Gasteiger partial charge < -0.3 is 14.9 Å². The summed E-state index contributed by atoms with van der Waals surface area (Å²) in [4.78, 5) is 0. The normalized spacial score (nSPS) is 50.6. The van der Waals surface area contributed by atoms with E-state index in [1.54, 1.807) is 7.11 Å². The Morgan fingerprint density at radius 3 is 2.54 bits per heavy atom. The van der Waals surface area contributed by atoms with E-state index in [0.717, 1.165) is 42.1 Å². The molecule has 0 aromatic heterocycles. The van der Waals surface area contributed by atoms with Gasteiger partial charge in [-0.15, -0.1) is 0 Å². The predicted molar refractivity (Wildman–Crippen MR) is 104 cm³/mol. The van der Waals surface area contributed by atoms with Gasteiger partial charge >= 0.3 is 0 Å². The van der Waals surface area contributed by atoms with Crippen molar-refractivity contribution in [3.05, 3.63) is 12.2 Å². The monoisotopic (exact) mass is 362 g/mol.